The summed E-state index contributed by atoms with van der Waals surface area (Å²) in [5, 5.41) is 8.31. The normalized spacial score (nSPS) is 13.4. The van der Waals surface area contributed by atoms with Crippen molar-refractivity contribution in [3.05, 3.63) is 6.92 Å². The molecule has 7 heavy (non-hydrogen) atoms. The molecule has 0 bridgehead atoms. The first kappa shape index (κ1) is 6.43. The van der Waals surface area contributed by atoms with Crippen molar-refractivity contribution in [1.82, 2.24) is 0 Å². The van der Waals surface area contributed by atoms with Crippen LogP contribution in [0.25, 0.3) is 0 Å². The van der Waals surface area contributed by atoms with Crippen molar-refractivity contribution in [3.8, 4) is 0 Å². The zero-order valence-electron chi connectivity index (χ0n) is 3.92. The molecule has 1 atom stereocenters. The van der Waals surface area contributed by atoms with Gasteiger partial charge >= 0.3 is 0 Å². The number of carbonyl (C=O) groups excluding carboxylic acids is 1. The predicted molar refractivity (Wildman–Crippen MR) is 25.2 cm³/mol. The van der Waals surface area contributed by atoms with Gasteiger partial charge in [-0.15, -0.1) is 0 Å². The molecule has 0 heterocycles. The molecule has 0 saturated heterocycles. The lowest BCUT2D eigenvalue weighted by Crippen LogP contribution is -2.17. The van der Waals surface area contributed by atoms with Crippen molar-refractivity contribution in [1.29, 1.82) is 0 Å². The number of hydrogen-bond acceptors (Lipinski definition) is 2. The Hall–Kier alpha value is -0.570. The summed E-state index contributed by atoms with van der Waals surface area (Å²) >= 11 is 0. The fourth-order valence-corrected chi connectivity index (χ4v) is 0.232. The van der Waals surface area contributed by atoms with E-state index >= 15 is 0 Å². The Morgan fingerprint density at radius 3 is 2.43 bits per heavy atom. The van der Waals surface area contributed by atoms with Crippen LogP contribution in [0.15, 0.2) is 0 Å². The first-order valence-electron chi connectivity index (χ1n) is 1.92. The molecule has 1 radical (unpaired) electrons. The second-order valence-corrected chi connectivity index (χ2v) is 1.32. The number of primary amides is 1. The van der Waals surface area contributed by atoms with Gasteiger partial charge in [0.1, 0.15) is 0 Å². The lowest BCUT2D eigenvalue weighted by atomic mass is 10.3. The number of nitrogens with two attached hydrogens (primary N) is 1. The SMILES string of the molecule is [CH2]C(O)CC(N)=O. The highest BCUT2D eigenvalue weighted by atomic mass is 16.3. The van der Waals surface area contributed by atoms with Gasteiger partial charge in [-0.2, -0.15) is 0 Å². The van der Waals surface area contributed by atoms with Gasteiger partial charge in [0, 0.05) is 0 Å². The van der Waals surface area contributed by atoms with Crippen LogP contribution in [0.3, 0.4) is 0 Å². The number of aliphatic hydroxyl groups is 1. The molecule has 0 saturated carbocycles. The fourth-order valence-electron chi connectivity index (χ4n) is 0.232. The average molecular weight is 102 g/mol. The van der Waals surface area contributed by atoms with Crippen LogP contribution < -0.4 is 5.73 Å². The van der Waals surface area contributed by atoms with Crippen LogP contribution in [-0.2, 0) is 4.79 Å². The van der Waals surface area contributed by atoms with E-state index in [1.807, 2.05) is 0 Å². The van der Waals surface area contributed by atoms with Gasteiger partial charge in [-0.05, 0) is 6.92 Å². The van der Waals surface area contributed by atoms with E-state index in [2.05, 4.69) is 12.7 Å². The fraction of sp³-hybridized carbons (Fsp3) is 0.500. The highest BCUT2D eigenvalue weighted by Crippen LogP contribution is 1.83. The molecule has 41 valence electrons. The smallest absolute Gasteiger partial charge is 0.220 e. The van der Waals surface area contributed by atoms with E-state index in [1.165, 1.54) is 0 Å². The molecule has 3 nitrogen and oxygen atoms in total. The predicted octanol–water partition coefficient (Wildman–Crippen LogP) is -0.943. The highest BCUT2D eigenvalue weighted by Gasteiger charge is 1.98. The van der Waals surface area contributed by atoms with Crippen LogP contribution in [0.1, 0.15) is 6.42 Å². The topological polar surface area (TPSA) is 63.3 Å². The molecule has 3 N–H and O–H groups in total. The van der Waals surface area contributed by atoms with E-state index in [4.69, 9.17) is 5.11 Å². The van der Waals surface area contributed by atoms with E-state index in [0.29, 0.717) is 0 Å². The van der Waals surface area contributed by atoms with Gasteiger partial charge in [0.25, 0.3) is 0 Å². The van der Waals surface area contributed by atoms with Gasteiger partial charge in [-0.3, -0.25) is 4.79 Å². The van der Waals surface area contributed by atoms with Gasteiger partial charge in [0.15, 0.2) is 0 Å². The van der Waals surface area contributed by atoms with Crippen molar-refractivity contribution in [2.24, 2.45) is 5.73 Å². The Morgan fingerprint density at radius 2 is 2.43 bits per heavy atom. The molecule has 0 aliphatic carbocycles. The lowest BCUT2D eigenvalue weighted by Gasteiger charge is -1.94. The molecule has 0 spiro atoms. The maximum Gasteiger partial charge on any atom is 0.220 e. The first-order chi connectivity index (χ1) is 3.13. The third kappa shape index (κ3) is 5.43. The molecule has 0 aromatic heterocycles. The summed E-state index contributed by atoms with van der Waals surface area (Å²) in [7, 11) is 0. The Labute approximate surface area is 42.1 Å². The summed E-state index contributed by atoms with van der Waals surface area (Å²) in [4.78, 5) is 9.83. The summed E-state index contributed by atoms with van der Waals surface area (Å²) < 4.78 is 0. The maximum absolute atomic E-state index is 9.83. The van der Waals surface area contributed by atoms with Crippen molar-refractivity contribution in [3.63, 3.8) is 0 Å². The third-order valence-electron chi connectivity index (χ3n) is 0.437. The number of carbonyl (C=O) groups is 1. The standard InChI is InChI=1S/C4H8NO2/c1-3(6)2-4(5)7/h3,6H,1-2H2,(H2,5,7). The Kier molecular flexibility index (Phi) is 2.37. The largest absolute Gasteiger partial charge is 0.393 e. The zero-order valence-corrected chi connectivity index (χ0v) is 3.92. The zero-order chi connectivity index (χ0) is 5.86. The Bertz CT molecular complexity index is 70.1. The molecule has 0 rings (SSSR count). The molecule has 0 fully saturated rings. The number of hydrogen-bond donors (Lipinski definition) is 2. The minimum absolute atomic E-state index is 0.0556. The molecular formula is C4H8NO2. The second-order valence-electron chi connectivity index (χ2n) is 1.32. The molecule has 1 amide bonds. The van der Waals surface area contributed by atoms with Crippen LogP contribution in [0.4, 0.5) is 0 Å². The van der Waals surface area contributed by atoms with Crippen molar-refractivity contribution >= 4 is 5.91 Å². The molecule has 1 unspecified atom stereocenters. The molecule has 3 heteroatoms. The van der Waals surface area contributed by atoms with Gasteiger partial charge in [-0.1, -0.05) is 0 Å². The van der Waals surface area contributed by atoms with Crippen LogP contribution in [0.2, 0.25) is 0 Å². The Balaban J connectivity index is 3.13. The maximum atomic E-state index is 9.83. The second kappa shape index (κ2) is 2.58. The number of aliphatic hydroxyl groups excluding tert-OH is 1. The van der Waals surface area contributed by atoms with E-state index in [-0.39, 0.29) is 6.42 Å². The van der Waals surface area contributed by atoms with Gasteiger partial charge in [0.05, 0.1) is 12.5 Å². The van der Waals surface area contributed by atoms with E-state index in [9.17, 15) is 4.79 Å². The lowest BCUT2D eigenvalue weighted by molar-refractivity contribution is -0.119. The van der Waals surface area contributed by atoms with E-state index in [1.54, 1.807) is 0 Å². The molecule has 0 aromatic rings. The highest BCUT2D eigenvalue weighted by molar-refractivity contribution is 5.74. The summed E-state index contributed by atoms with van der Waals surface area (Å²) in [6.45, 7) is 3.13. The first-order valence-corrected chi connectivity index (χ1v) is 1.92. The Morgan fingerprint density at radius 1 is 2.00 bits per heavy atom. The minimum Gasteiger partial charge on any atom is -0.393 e. The van der Waals surface area contributed by atoms with Crippen molar-refractivity contribution < 1.29 is 9.90 Å². The summed E-state index contributed by atoms with van der Waals surface area (Å²) in [6.07, 6.45) is -0.905. The summed E-state index contributed by atoms with van der Waals surface area (Å²) in [6, 6.07) is 0. The molecule has 0 aliphatic heterocycles. The monoisotopic (exact) mass is 102 g/mol. The van der Waals surface area contributed by atoms with Crippen molar-refractivity contribution in [2.45, 2.75) is 12.5 Å². The molecular weight excluding hydrogens is 94.0 g/mol. The molecule has 0 aliphatic rings. The van der Waals surface area contributed by atoms with E-state index < -0.39 is 12.0 Å². The average Bonchev–Trinajstić information content (AvgIpc) is 1.27. The number of rotatable bonds is 2. The van der Waals surface area contributed by atoms with E-state index in [0.717, 1.165) is 0 Å². The molecule has 0 aromatic carbocycles. The van der Waals surface area contributed by atoms with Gasteiger partial charge < -0.3 is 10.8 Å². The van der Waals surface area contributed by atoms with Crippen LogP contribution >= 0.6 is 0 Å². The van der Waals surface area contributed by atoms with Gasteiger partial charge in [-0.25, -0.2) is 0 Å². The summed E-state index contributed by atoms with van der Waals surface area (Å²) in [5.41, 5.74) is 4.65. The van der Waals surface area contributed by atoms with Gasteiger partial charge in [0.2, 0.25) is 5.91 Å². The third-order valence-corrected chi connectivity index (χ3v) is 0.437. The summed E-state index contributed by atoms with van der Waals surface area (Å²) in [5.74, 6) is -0.525. The minimum atomic E-state index is -0.850. The van der Waals surface area contributed by atoms with Crippen LogP contribution in [-0.4, -0.2) is 17.1 Å². The van der Waals surface area contributed by atoms with Crippen LogP contribution in [0.5, 0.6) is 0 Å². The quantitative estimate of drug-likeness (QED) is 0.472. The van der Waals surface area contributed by atoms with Crippen LogP contribution in [0, 0.1) is 6.92 Å². The number of amides is 1. The van der Waals surface area contributed by atoms with Crippen molar-refractivity contribution in [2.75, 3.05) is 0 Å².